The molecule has 0 bridgehead atoms. The Morgan fingerprint density at radius 2 is 1.94 bits per heavy atom. The Morgan fingerprint density at radius 3 is 2.59 bits per heavy atom. The van der Waals surface area contributed by atoms with Crippen molar-refractivity contribution in [3.8, 4) is 0 Å². The predicted octanol–water partition coefficient (Wildman–Crippen LogP) is 2.84. The second-order valence-corrected chi connectivity index (χ2v) is 5.44. The highest BCUT2D eigenvalue weighted by atomic mass is 16.5. The highest BCUT2D eigenvalue weighted by molar-refractivity contribution is 5.69. The molecule has 0 aliphatic heterocycles. The van der Waals surface area contributed by atoms with E-state index < -0.39 is 0 Å². The van der Waals surface area contributed by atoms with Crippen molar-refractivity contribution in [3.63, 3.8) is 0 Å². The minimum Gasteiger partial charge on any atom is -0.462 e. The summed E-state index contributed by atoms with van der Waals surface area (Å²) in [6.45, 7) is 3.05. The van der Waals surface area contributed by atoms with E-state index in [0.29, 0.717) is 12.3 Å². The summed E-state index contributed by atoms with van der Waals surface area (Å²) in [4.78, 5) is 13.8. The molecule has 0 radical (unpaired) electrons. The molecule has 1 aliphatic rings. The van der Waals surface area contributed by atoms with Gasteiger partial charge >= 0.3 is 5.97 Å². The van der Waals surface area contributed by atoms with E-state index in [4.69, 9.17) is 4.74 Å². The summed E-state index contributed by atoms with van der Waals surface area (Å²) in [5, 5.41) is 0. The van der Waals surface area contributed by atoms with Crippen molar-refractivity contribution in [2.75, 3.05) is 20.6 Å². The molecule has 0 aromatic rings. The van der Waals surface area contributed by atoms with Gasteiger partial charge in [-0.05, 0) is 39.8 Å². The summed E-state index contributed by atoms with van der Waals surface area (Å²) >= 11 is 0. The second-order valence-electron chi connectivity index (χ2n) is 5.44. The smallest absolute Gasteiger partial charge is 0.306 e. The van der Waals surface area contributed by atoms with Crippen LogP contribution in [0.4, 0.5) is 0 Å². The molecule has 0 spiro atoms. The van der Waals surface area contributed by atoms with Crippen LogP contribution in [0.5, 0.6) is 0 Å². The molecule has 1 fully saturated rings. The number of esters is 1. The minimum atomic E-state index is -0.0110. The summed E-state index contributed by atoms with van der Waals surface area (Å²) < 4.78 is 5.66. The Morgan fingerprint density at radius 1 is 1.24 bits per heavy atom. The number of hydrogen-bond acceptors (Lipinski definition) is 3. The van der Waals surface area contributed by atoms with Crippen LogP contribution in [0, 0.1) is 5.92 Å². The summed E-state index contributed by atoms with van der Waals surface area (Å²) in [5.41, 5.74) is 0. The lowest BCUT2D eigenvalue weighted by atomic mass is 9.96. The Kier molecular flexibility index (Phi) is 6.56. The van der Waals surface area contributed by atoms with E-state index in [2.05, 4.69) is 19.0 Å². The van der Waals surface area contributed by atoms with E-state index in [1.165, 1.54) is 25.7 Å². The van der Waals surface area contributed by atoms with Crippen LogP contribution >= 0.6 is 0 Å². The summed E-state index contributed by atoms with van der Waals surface area (Å²) in [6, 6.07) is 0. The van der Waals surface area contributed by atoms with E-state index in [-0.39, 0.29) is 12.1 Å². The SMILES string of the molecule is CCCC(=O)O[C@@H]1CCCCC[C@H]1CN(C)C. The first-order valence-electron chi connectivity index (χ1n) is 6.97. The standard InChI is InChI=1S/C14H27NO2/c1-4-8-14(16)17-13-10-7-5-6-9-12(13)11-15(2)3/h12-13H,4-11H2,1-3H3/t12-,13+/m0/s1. The number of hydrogen-bond donors (Lipinski definition) is 0. The lowest BCUT2D eigenvalue weighted by Gasteiger charge is -2.27. The van der Waals surface area contributed by atoms with Crippen LogP contribution in [-0.4, -0.2) is 37.6 Å². The van der Waals surface area contributed by atoms with Gasteiger partial charge in [0.1, 0.15) is 6.10 Å². The van der Waals surface area contributed by atoms with Crippen molar-refractivity contribution in [2.24, 2.45) is 5.92 Å². The van der Waals surface area contributed by atoms with E-state index in [1.54, 1.807) is 0 Å². The fourth-order valence-corrected chi connectivity index (χ4v) is 2.62. The van der Waals surface area contributed by atoms with Crippen LogP contribution in [0.25, 0.3) is 0 Å². The van der Waals surface area contributed by atoms with Gasteiger partial charge in [0.15, 0.2) is 0 Å². The van der Waals surface area contributed by atoms with E-state index in [1.807, 2.05) is 6.92 Å². The fourth-order valence-electron chi connectivity index (χ4n) is 2.62. The average molecular weight is 241 g/mol. The normalized spacial score (nSPS) is 25.6. The van der Waals surface area contributed by atoms with Gasteiger partial charge in [-0.25, -0.2) is 0 Å². The Labute approximate surface area is 106 Å². The van der Waals surface area contributed by atoms with E-state index in [9.17, 15) is 4.79 Å². The van der Waals surface area contributed by atoms with Crippen molar-refractivity contribution >= 4 is 5.97 Å². The Hall–Kier alpha value is -0.570. The molecular weight excluding hydrogens is 214 g/mol. The zero-order valence-corrected chi connectivity index (χ0v) is 11.6. The van der Waals surface area contributed by atoms with Crippen LogP contribution in [0.3, 0.4) is 0 Å². The first-order valence-corrected chi connectivity index (χ1v) is 6.97. The summed E-state index contributed by atoms with van der Waals surface area (Å²) in [7, 11) is 4.19. The van der Waals surface area contributed by atoms with Crippen molar-refractivity contribution in [1.29, 1.82) is 0 Å². The fraction of sp³-hybridized carbons (Fsp3) is 0.929. The monoisotopic (exact) mass is 241 g/mol. The number of ether oxygens (including phenoxy) is 1. The molecule has 3 heteroatoms. The van der Waals surface area contributed by atoms with Gasteiger partial charge in [0.2, 0.25) is 0 Å². The molecule has 2 atom stereocenters. The lowest BCUT2D eigenvalue weighted by Crippen LogP contribution is -2.33. The van der Waals surface area contributed by atoms with Crippen LogP contribution in [0.1, 0.15) is 51.9 Å². The van der Waals surface area contributed by atoms with Gasteiger partial charge < -0.3 is 9.64 Å². The molecule has 3 nitrogen and oxygen atoms in total. The van der Waals surface area contributed by atoms with E-state index in [0.717, 1.165) is 19.4 Å². The van der Waals surface area contributed by atoms with Crippen molar-refractivity contribution in [2.45, 2.75) is 58.0 Å². The number of rotatable bonds is 5. The highest BCUT2D eigenvalue weighted by Gasteiger charge is 2.27. The van der Waals surface area contributed by atoms with Crippen molar-refractivity contribution in [3.05, 3.63) is 0 Å². The van der Waals surface area contributed by atoms with Gasteiger partial charge in [-0.2, -0.15) is 0 Å². The maximum Gasteiger partial charge on any atom is 0.306 e. The first kappa shape index (κ1) is 14.5. The largest absolute Gasteiger partial charge is 0.462 e. The van der Waals surface area contributed by atoms with Crippen LogP contribution in [0.2, 0.25) is 0 Å². The van der Waals surface area contributed by atoms with Gasteiger partial charge in [0, 0.05) is 18.9 Å². The van der Waals surface area contributed by atoms with Gasteiger partial charge in [0.25, 0.3) is 0 Å². The molecule has 1 saturated carbocycles. The lowest BCUT2D eigenvalue weighted by molar-refractivity contribution is -0.152. The molecule has 1 rings (SSSR count). The maximum atomic E-state index is 11.6. The summed E-state index contributed by atoms with van der Waals surface area (Å²) in [6.07, 6.45) is 7.60. The molecular formula is C14H27NO2. The zero-order chi connectivity index (χ0) is 12.7. The third-order valence-electron chi connectivity index (χ3n) is 3.43. The zero-order valence-electron chi connectivity index (χ0n) is 11.6. The molecule has 1 aliphatic carbocycles. The Balaban J connectivity index is 2.52. The van der Waals surface area contributed by atoms with Crippen molar-refractivity contribution in [1.82, 2.24) is 4.90 Å². The molecule has 0 N–H and O–H groups in total. The third-order valence-corrected chi connectivity index (χ3v) is 3.43. The van der Waals surface area contributed by atoms with Crippen LogP contribution < -0.4 is 0 Å². The van der Waals surface area contributed by atoms with Crippen LogP contribution in [0.15, 0.2) is 0 Å². The highest BCUT2D eigenvalue weighted by Crippen LogP contribution is 2.26. The number of carbonyl (C=O) groups excluding carboxylic acids is 1. The van der Waals surface area contributed by atoms with Gasteiger partial charge in [-0.1, -0.05) is 19.8 Å². The second kappa shape index (κ2) is 7.70. The van der Waals surface area contributed by atoms with Gasteiger partial charge in [-0.3, -0.25) is 4.79 Å². The third kappa shape index (κ3) is 5.53. The Bertz CT molecular complexity index is 228. The van der Waals surface area contributed by atoms with Gasteiger partial charge in [0.05, 0.1) is 0 Å². The summed E-state index contributed by atoms with van der Waals surface area (Å²) in [5.74, 6) is 0.511. The molecule has 0 aromatic heterocycles. The average Bonchev–Trinajstić information content (AvgIpc) is 2.44. The number of carbonyl (C=O) groups is 1. The first-order chi connectivity index (χ1) is 8.13. The van der Waals surface area contributed by atoms with Crippen LogP contribution in [-0.2, 0) is 9.53 Å². The number of nitrogens with zero attached hydrogens (tertiary/aromatic N) is 1. The minimum absolute atomic E-state index is 0.0110. The quantitative estimate of drug-likeness (QED) is 0.547. The van der Waals surface area contributed by atoms with E-state index >= 15 is 0 Å². The molecule has 17 heavy (non-hydrogen) atoms. The topological polar surface area (TPSA) is 29.5 Å². The molecule has 0 aromatic carbocycles. The van der Waals surface area contributed by atoms with Crippen molar-refractivity contribution < 1.29 is 9.53 Å². The van der Waals surface area contributed by atoms with Gasteiger partial charge in [-0.15, -0.1) is 0 Å². The molecule has 0 heterocycles. The molecule has 0 unspecified atom stereocenters. The predicted molar refractivity (Wildman–Crippen MR) is 69.9 cm³/mol. The molecule has 100 valence electrons. The maximum absolute atomic E-state index is 11.6. The molecule has 0 amide bonds. The molecule has 0 saturated heterocycles.